The highest BCUT2D eigenvalue weighted by atomic mass is 16.4. The lowest BCUT2D eigenvalue weighted by atomic mass is 10.0. The summed E-state index contributed by atoms with van der Waals surface area (Å²) in [6, 6.07) is 33.4. The predicted octanol–water partition coefficient (Wildman–Crippen LogP) is 7.15. The van der Waals surface area contributed by atoms with E-state index in [9.17, 15) is 9.90 Å². The van der Waals surface area contributed by atoms with Crippen molar-refractivity contribution in [1.29, 1.82) is 0 Å². The van der Waals surface area contributed by atoms with E-state index in [1.165, 1.54) is 0 Å². The van der Waals surface area contributed by atoms with Crippen molar-refractivity contribution in [2.75, 3.05) is 0 Å². The number of hydrogen-bond donors (Lipinski definition) is 1. The zero-order valence-electron chi connectivity index (χ0n) is 20.1. The van der Waals surface area contributed by atoms with E-state index < -0.39 is 5.97 Å². The van der Waals surface area contributed by atoms with Crippen LogP contribution in [0.1, 0.15) is 10.4 Å². The molecule has 0 aliphatic rings. The topological polar surface area (TPSA) is 80.9 Å². The summed E-state index contributed by atoms with van der Waals surface area (Å²) >= 11 is 0. The Balaban J connectivity index is 1.56. The van der Waals surface area contributed by atoms with E-state index in [-0.39, 0.29) is 5.56 Å². The maximum Gasteiger partial charge on any atom is 0.335 e. The number of pyridine rings is 2. The van der Waals surface area contributed by atoms with Crippen molar-refractivity contribution >= 4 is 38.8 Å². The molecular weight excluding hydrogens is 472 g/mol. The Bertz CT molecular complexity index is 1980. The van der Waals surface area contributed by atoms with Gasteiger partial charge >= 0.3 is 5.97 Å². The molecule has 4 aromatic carbocycles. The largest absolute Gasteiger partial charge is 0.478 e. The Morgan fingerprint density at radius 2 is 1.21 bits per heavy atom. The molecular formula is C32H20N4O2. The van der Waals surface area contributed by atoms with Gasteiger partial charge in [0.05, 0.1) is 27.6 Å². The molecule has 0 atom stereocenters. The summed E-state index contributed by atoms with van der Waals surface area (Å²) in [6.07, 6.45) is 3.55. The molecule has 0 unspecified atom stereocenters. The summed E-state index contributed by atoms with van der Waals surface area (Å²) in [5.74, 6) is -0.249. The number of nitrogens with zero attached hydrogens (tertiary/aromatic N) is 4. The zero-order chi connectivity index (χ0) is 25.6. The van der Waals surface area contributed by atoms with Gasteiger partial charge in [-0.05, 0) is 59.7 Å². The van der Waals surface area contributed by atoms with E-state index in [4.69, 9.17) is 9.97 Å². The summed E-state index contributed by atoms with van der Waals surface area (Å²) in [7, 11) is 0. The summed E-state index contributed by atoms with van der Waals surface area (Å²) < 4.78 is 2.14. The van der Waals surface area contributed by atoms with E-state index in [0.29, 0.717) is 5.82 Å². The second kappa shape index (κ2) is 8.64. The van der Waals surface area contributed by atoms with Crippen molar-refractivity contribution in [1.82, 2.24) is 19.5 Å². The van der Waals surface area contributed by atoms with E-state index in [1.807, 2.05) is 42.5 Å². The van der Waals surface area contributed by atoms with E-state index in [1.54, 1.807) is 36.7 Å². The van der Waals surface area contributed by atoms with Gasteiger partial charge < -0.3 is 5.11 Å². The number of carbonyl (C=O) groups is 1. The molecule has 0 radical (unpaired) electrons. The van der Waals surface area contributed by atoms with Gasteiger partial charge in [-0.3, -0.25) is 14.5 Å². The van der Waals surface area contributed by atoms with Crippen LogP contribution in [0.3, 0.4) is 0 Å². The number of imidazole rings is 1. The van der Waals surface area contributed by atoms with Gasteiger partial charge in [0, 0.05) is 34.4 Å². The first-order chi connectivity index (χ1) is 18.7. The van der Waals surface area contributed by atoms with Crippen LogP contribution in [0, 0.1) is 0 Å². The van der Waals surface area contributed by atoms with Crippen LogP contribution in [0.25, 0.3) is 61.0 Å². The van der Waals surface area contributed by atoms with Crippen molar-refractivity contribution < 1.29 is 9.90 Å². The molecule has 0 spiro atoms. The Morgan fingerprint density at radius 1 is 0.605 bits per heavy atom. The summed E-state index contributed by atoms with van der Waals surface area (Å²) in [5.41, 5.74) is 7.60. The molecule has 0 saturated carbocycles. The minimum absolute atomic E-state index is 0.230. The Labute approximate surface area is 217 Å². The molecule has 7 rings (SSSR count). The highest BCUT2D eigenvalue weighted by Gasteiger charge is 2.21. The van der Waals surface area contributed by atoms with E-state index in [0.717, 1.165) is 55.2 Å². The molecule has 180 valence electrons. The highest BCUT2D eigenvalue weighted by Crippen LogP contribution is 2.38. The van der Waals surface area contributed by atoms with E-state index >= 15 is 0 Å². The van der Waals surface area contributed by atoms with Crippen LogP contribution in [0.2, 0.25) is 0 Å². The third kappa shape index (κ3) is 3.43. The molecule has 0 aliphatic carbocycles. The maximum absolute atomic E-state index is 11.5. The number of hydrogen-bond acceptors (Lipinski definition) is 4. The molecule has 6 heteroatoms. The highest BCUT2D eigenvalue weighted by molar-refractivity contribution is 6.21. The first kappa shape index (κ1) is 21.9. The molecule has 3 aromatic heterocycles. The van der Waals surface area contributed by atoms with Gasteiger partial charge in [0.2, 0.25) is 0 Å². The third-order valence-electron chi connectivity index (χ3n) is 6.85. The number of aromatic carboxylic acids is 1. The second-order valence-electron chi connectivity index (χ2n) is 9.06. The van der Waals surface area contributed by atoms with Crippen molar-refractivity contribution in [3.05, 3.63) is 121 Å². The van der Waals surface area contributed by atoms with Crippen LogP contribution in [0.15, 0.2) is 116 Å². The predicted molar refractivity (Wildman–Crippen MR) is 150 cm³/mol. The summed E-state index contributed by atoms with van der Waals surface area (Å²) in [5, 5.41) is 11.3. The number of benzene rings is 4. The molecule has 0 bridgehead atoms. The minimum atomic E-state index is -0.962. The molecule has 0 saturated heterocycles. The number of aromatic nitrogens is 4. The lowest BCUT2D eigenvalue weighted by Gasteiger charge is -2.13. The molecule has 1 N–H and O–H groups in total. The van der Waals surface area contributed by atoms with Gasteiger partial charge in [0.1, 0.15) is 5.82 Å². The SMILES string of the molecule is O=C(O)c1ccc(-c2nc3c4cccnc4c4ncccc4c3n2-c2ccc(-c3ccccc3)cc2)cc1. The van der Waals surface area contributed by atoms with Gasteiger partial charge in [0.25, 0.3) is 0 Å². The molecule has 7 aromatic rings. The molecule has 6 nitrogen and oxygen atoms in total. The van der Waals surface area contributed by atoms with Crippen LogP contribution in [0.4, 0.5) is 0 Å². The number of carboxylic acid groups (broad SMARTS) is 1. The molecule has 38 heavy (non-hydrogen) atoms. The Hall–Kier alpha value is -5.36. The Kier molecular flexibility index (Phi) is 4.97. The van der Waals surface area contributed by atoms with Gasteiger partial charge in [-0.25, -0.2) is 9.78 Å². The quantitative estimate of drug-likeness (QED) is 0.264. The smallest absolute Gasteiger partial charge is 0.335 e. The van der Waals surface area contributed by atoms with Gasteiger partial charge in [-0.2, -0.15) is 0 Å². The molecule has 0 fully saturated rings. The minimum Gasteiger partial charge on any atom is -0.478 e. The molecule has 3 heterocycles. The lowest BCUT2D eigenvalue weighted by molar-refractivity contribution is 0.0697. The fourth-order valence-corrected chi connectivity index (χ4v) is 5.07. The number of rotatable bonds is 4. The van der Waals surface area contributed by atoms with Crippen LogP contribution >= 0.6 is 0 Å². The van der Waals surface area contributed by atoms with Crippen molar-refractivity contribution in [2.45, 2.75) is 0 Å². The van der Waals surface area contributed by atoms with Crippen molar-refractivity contribution in [2.24, 2.45) is 0 Å². The van der Waals surface area contributed by atoms with Crippen LogP contribution < -0.4 is 0 Å². The summed E-state index contributed by atoms with van der Waals surface area (Å²) in [4.78, 5) is 26.0. The Morgan fingerprint density at radius 3 is 1.89 bits per heavy atom. The first-order valence-corrected chi connectivity index (χ1v) is 12.2. The average Bonchev–Trinajstić information content (AvgIpc) is 3.39. The maximum atomic E-state index is 11.5. The molecule has 0 aliphatic heterocycles. The second-order valence-corrected chi connectivity index (χ2v) is 9.06. The van der Waals surface area contributed by atoms with Gasteiger partial charge in [0.15, 0.2) is 0 Å². The van der Waals surface area contributed by atoms with Gasteiger partial charge in [-0.15, -0.1) is 0 Å². The monoisotopic (exact) mass is 492 g/mol. The standard InChI is InChI=1S/C32H20N4O2/c37-32(38)23-12-10-22(11-13-23)31-35-29-25-8-4-18-33-27(25)28-26(9-5-19-34-28)30(29)36(31)24-16-14-21(15-17-24)20-6-2-1-3-7-20/h1-19H,(H,37,38). The lowest BCUT2D eigenvalue weighted by Crippen LogP contribution is -2.00. The number of carboxylic acids is 1. The average molecular weight is 493 g/mol. The van der Waals surface area contributed by atoms with Crippen LogP contribution in [-0.4, -0.2) is 30.6 Å². The van der Waals surface area contributed by atoms with Crippen LogP contribution in [0.5, 0.6) is 0 Å². The normalized spacial score (nSPS) is 11.4. The van der Waals surface area contributed by atoms with Crippen molar-refractivity contribution in [3.8, 4) is 28.2 Å². The zero-order valence-corrected chi connectivity index (χ0v) is 20.1. The van der Waals surface area contributed by atoms with Crippen LogP contribution in [-0.2, 0) is 0 Å². The first-order valence-electron chi connectivity index (χ1n) is 12.2. The fourth-order valence-electron chi connectivity index (χ4n) is 5.07. The van der Waals surface area contributed by atoms with E-state index in [2.05, 4.69) is 45.9 Å². The third-order valence-corrected chi connectivity index (χ3v) is 6.85. The summed E-state index contributed by atoms with van der Waals surface area (Å²) in [6.45, 7) is 0. The number of fused-ring (bicyclic) bond motifs is 6. The van der Waals surface area contributed by atoms with Crippen molar-refractivity contribution in [3.63, 3.8) is 0 Å². The molecule has 0 amide bonds. The fraction of sp³-hybridized carbons (Fsp3) is 0. The van der Waals surface area contributed by atoms with Gasteiger partial charge in [-0.1, -0.05) is 54.6 Å².